The van der Waals surface area contributed by atoms with Gasteiger partial charge in [-0.1, -0.05) is 25.0 Å². The zero-order valence-electron chi connectivity index (χ0n) is 11.4. The Hall–Kier alpha value is -1.91. The van der Waals surface area contributed by atoms with Gasteiger partial charge in [0.25, 0.3) is 0 Å². The Morgan fingerprint density at radius 3 is 2.55 bits per heavy atom. The molecule has 0 radical (unpaired) electrons. The molecule has 1 amide bonds. The SMILES string of the molecule is CC(C(=O)NC1(C(=O)O)CCCC1)c1cccc(F)c1. The predicted molar refractivity (Wildman–Crippen MR) is 71.8 cm³/mol. The molecule has 0 aliphatic heterocycles. The molecule has 2 rings (SSSR count). The minimum Gasteiger partial charge on any atom is -0.480 e. The van der Waals surface area contributed by atoms with Gasteiger partial charge in [0.2, 0.25) is 5.91 Å². The number of carboxylic acid groups (broad SMARTS) is 1. The lowest BCUT2D eigenvalue weighted by molar-refractivity contribution is -0.147. The fraction of sp³-hybridized carbons (Fsp3) is 0.467. The molecule has 1 aromatic carbocycles. The maximum Gasteiger partial charge on any atom is 0.329 e. The summed E-state index contributed by atoms with van der Waals surface area (Å²) in [5.74, 6) is -2.35. The average Bonchev–Trinajstić information content (AvgIpc) is 2.87. The molecule has 0 spiro atoms. The summed E-state index contributed by atoms with van der Waals surface area (Å²) in [5.41, 5.74) is -0.611. The van der Waals surface area contributed by atoms with E-state index in [9.17, 15) is 19.1 Å². The van der Waals surface area contributed by atoms with E-state index in [1.807, 2.05) is 0 Å². The van der Waals surface area contributed by atoms with Gasteiger partial charge in [-0.3, -0.25) is 4.79 Å². The Morgan fingerprint density at radius 1 is 1.35 bits per heavy atom. The van der Waals surface area contributed by atoms with Crippen molar-refractivity contribution in [2.45, 2.75) is 44.1 Å². The van der Waals surface area contributed by atoms with Crippen molar-refractivity contribution in [2.75, 3.05) is 0 Å². The van der Waals surface area contributed by atoms with Gasteiger partial charge >= 0.3 is 5.97 Å². The lowest BCUT2D eigenvalue weighted by Gasteiger charge is -2.27. The number of aliphatic carboxylic acids is 1. The van der Waals surface area contributed by atoms with E-state index in [4.69, 9.17) is 0 Å². The standard InChI is InChI=1S/C15H18FNO3/c1-10(11-5-4-6-12(16)9-11)13(18)17-15(14(19)20)7-2-3-8-15/h4-6,9-10H,2-3,7-8H2,1H3,(H,17,18)(H,19,20). The Balaban J connectivity index is 2.13. The van der Waals surface area contributed by atoms with Gasteiger partial charge in [0.1, 0.15) is 11.4 Å². The summed E-state index contributed by atoms with van der Waals surface area (Å²) in [7, 11) is 0. The van der Waals surface area contributed by atoms with E-state index in [2.05, 4.69) is 5.32 Å². The molecule has 0 bridgehead atoms. The normalized spacial score (nSPS) is 18.5. The molecule has 4 nitrogen and oxygen atoms in total. The number of benzene rings is 1. The van der Waals surface area contributed by atoms with Crippen LogP contribution in [0.15, 0.2) is 24.3 Å². The van der Waals surface area contributed by atoms with Gasteiger partial charge in [0.15, 0.2) is 0 Å². The van der Waals surface area contributed by atoms with Crippen LogP contribution in [0.4, 0.5) is 4.39 Å². The van der Waals surface area contributed by atoms with Crippen molar-refractivity contribution in [3.8, 4) is 0 Å². The minimum atomic E-state index is -1.15. The van der Waals surface area contributed by atoms with Crippen LogP contribution in [0, 0.1) is 5.82 Å². The number of amides is 1. The topological polar surface area (TPSA) is 66.4 Å². The van der Waals surface area contributed by atoms with Crippen molar-refractivity contribution < 1.29 is 19.1 Å². The van der Waals surface area contributed by atoms with Gasteiger partial charge in [-0.15, -0.1) is 0 Å². The van der Waals surface area contributed by atoms with Crippen molar-refractivity contribution in [1.82, 2.24) is 5.32 Å². The van der Waals surface area contributed by atoms with Crippen LogP contribution in [-0.2, 0) is 9.59 Å². The van der Waals surface area contributed by atoms with Crippen LogP contribution in [0.3, 0.4) is 0 Å². The number of hydrogen-bond acceptors (Lipinski definition) is 2. The van der Waals surface area contributed by atoms with E-state index in [0.29, 0.717) is 18.4 Å². The number of carbonyl (C=O) groups is 2. The van der Waals surface area contributed by atoms with Crippen LogP contribution >= 0.6 is 0 Å². The molecule has 0 heterocycles. The molecule has 1 aliphatic rings. The first-order chi connectivity index (χ1) is 9.44. The molecule has 0 saturated heterocycles. The molecular formula is C15H18FNO3. The van der Waals surface area contributed by atoms with E-state index in [0.717, 1.165) is 12.8 Å². The maximum absolute atomic E-state index is 13.2. The number of carboxylic acids is 1. The number of halogens is 1. The fourth-order valence-electron chi connectivity index (χ4n) is 2.64. The Labute approximate surface area is 117 Å². The van der Waals surface area contributed by atoms with Crippen LogP contribution < -0.4 is 5.32 Å². The monoisotopic (exact) mass is 279 g/mol. The molecule has 1 aliphatic carbocycles. The molecular weight excluding hydrogens is 261 g/mol. The van der Waals surface area contributed by atoms with E-state index in [-0.39, 0.29) is 5.91 Å². The molecule has 2 N–H and O–H groups in total. The van der Waals surface area contributed by atoms with Crippen LogP contribution in [0.5, 0.6) is 0 Å². The number of carbonyl (C=O) groups excluding carboxylic acids is 1. The van der Waals surface area contributed by atoms with Crippen LogP contribution in [0.2, 0.25) is 0 Å². The Bertz CT molecular complexity index is 524. The second-order valence-electron chi connectivity index (χ2n) is 5.36. The van der Waals surface area contributed by atoms with Crippen molar-refractivity contribution in [2.24, 2.45) is 0 Å². The van der Waals surface area contributed by atoms with Crippen LogP contribution in [-0.4, -0.2) is 22.5 Å². The summed E-state index contributed by atoms with van der Waals surface area (Å²) < 4.78 is 13.2. The third-order valence-electron chi connectivity index (χ3n) is 3.97. The maximum atomic E-state index is 13.2. The lowest BCUT2D eigenvalue weighted by Crippen LogP contribution is -2.53. The molecule has 1 fully saturated rings. The zero-order valence-corrected chi connectivity index (χ0v) is 11.4. The van der Waals surface area contributed by atoms with Gasteiger partial charge in [0.05, 0.1) is 5.92 Å². The number of nitrogens with one attached hydrogen (secondary N) is 1. The minimum absolute atomic E-state index is 0.375. The van der Waals surface area contributed by atoms with Gasteiger partial charge in [0, 0.05) is 0 Å². The largest absolute Gasteiger partial charge is 0.480 e. The van der Waals surface area contributed by atoms with Gasteiger partial charge in [-0.25, -0.2) is 9.18 Å². The lowest BCUT2D eigenvalue weighted by atomic mass is 9.94. The third-order valence-corrected chi connectivity index (χ3v) is 3.97. The van der Waals surface area contributed by atoms with Crippen molar-refractivity contribution in [3.05, 3.63) is 35.6 Å². The predicted octanol–water partition coefficient (Wildman–Crippen LogP) is 2.44. The average molecular weight is 279 g/mol. The first-order valence-corrected chi connectivity index (χ1v) is 6.75. The van der Waals surface area contributed by atoms with E-state index >= 15 is 0 Å². The second kappa shape index (κ2) is 5.61. The highest BCUT2D eigenvalue weighted by atomic mass is 19.1. The summed E-state index contributed by atoms with van der Waals surface area (Å²) in [4.78, 5) is 23.6. The smallest absolute Gasteiger partial charge is 0.329 e. The van der Waals surface area contributed by atoms with E-state index in [1.54, 1.807) is 13.0 Å². The van der Waals surface area contributed by atoms with Crippen LogP contribution in [0.1, 0.15) is 44.1 Å². The molecule has 5 heteroatoms. The first kappa shape index (κ1) is 14.5. The molecule has 108 valence electrons. The van der Waals surface area contributed by atoms with Gasteiger partial charge < -0.3 is 10.4 Å². The highest BCUT2D eigenvalue weighted by Crippen LogP contribution is 2.31. The summed E-state index contributed by atoms with van der Waals surface area (Å²) in [6.07, 6.45) is 2.48. The summed E-state index contributed by atoms with van der Waals surface area (Å²) in [6, 6.07) is 5.81. The highest BCUT2D eigenvalue weighted by Gasteiger charge is 2.43. The quantitative estimate of drug-likeness (QED) is 0.889. The summed E-state index contributed by atoms with van der Waals surface area (Å²) >= 11 is 0. The molecule has 1 atom stereocenters. The van der Waals surface area contributed by atoms with Crippen molar-refractivity contribution in [3.63, 3.8) is 0 Å². The van der Waals surface area contributed by atoms with Gasteiger partial charge in [-0.2, -0.15) is 0 Å². The van der Waals surface area contributed by atoms with Crippen molar-refractivity contribution >= 4 is 11.9 Å². The molecule has 1 aromatic rings. The third kappa shape index (κ3) is 2.81. The Morgan fingerprint density at radius 2 is 2.00 bits per heavy atom. The van der Waals surface area contributed by atoms with Crippen LogP contribution in [0.25, 0.3) is 0 Å². The number of rotatable bonds is 4. The summed E-state index contributed by atoms with van der Waals surface area (Å²) in [5, 5.41) is 12.0. The Kier molecular flexibility index (Phi) is 4.06. The fourth-order valence-corrected chi connectivity index (χ4v) is 2.64. The van der Waals surface area contributed by atoms with Crippen molar-refractivity contribution in [1.29, 1.82) is 0 Å². The number of hydrogen-bond donors (Lipinski definition) is 2. The molecule has 20 heavy (non-hydrogen) atoms. The second-order valence-corrected chi connectivity index (χ2v) is 5.36. The highest BCUT2D eigenvalue weighted by molar-refractivity contribution is 5.90. The summed E-state index contributed by atoms with van der Waals surface area (Å²) in [6.45, 7) is 1.65. The molecule has 1 saturated carbocycles. The zero-order chi connectivity index (χ0) is 14.8. The molecule has 0 aromatic heterocycles. The van der Waals surface area contributed by atoms with E-state index < -0.39 is 23.2 Å². The molecule has 1 unspecified atom stereocenters. The first-order valence-electron chi connectivity index (χ1n) is 6.75. The van der Waals surface area contributed by atoms with E-state index in [1.165, 1.54) is 18.2 Å². The van der Waals surface area contributed by atoms with Gasteiger partial charge in [-0.05, 0) is 37.5 Å².